The van der Waals surface area contributed by atoms with E-state index in [4.69, 9.17) is 0 Å². The van der Waals surface area contributed by atoms with Crippen molar-refractivity contribution >= 4 is 33.2 Å². The van der Waals surface area contributed by atoms with E-state index in [0.717, 1.165) is 17.3 Å². The fraction of sp³-hybridized carbons (Fsp3) is 0.417. The van der Waals surface area contributed by atoms with Crippen molar-refractivity contribution in [3.63, 3.8) is 0 Å². The number of halogens is 1. The van der Waals surface area contributed by atoms with E-state index >= 15 is 0 Å². The minimum atomic E-state index is 0.150. The predicted octanol–water partition coefficient (Wildman–Crippen LogP) is 3.48. The van der Waals surface area contributed by atoms with E-state index in [-0.39, 0.29) is 5.91 Å². The first-order valence-electron chi connectivity index (χ1n) is 5.41. The highest BCUT2D eigenvalue weighted by atomic mass is 79.9. The van der Waals surface area contributed by atoms with Gasteiger partial charge in [-0.05, 0) is 46.1 Å². The van der Waals surface area contributed by atoms with Gasteiger partial charge in [0.1, 0.15) is 0 Å². The van der Waals surface area contributed by atoms with Crippen molar-refractivity contribution in [2.75, 3.05) is 0 Å². The maximum atomic E-state index is 11.6. The predicted molar refractivity (Wildman–Crippen MR) is 70.3 cm³/mol. The zero-order valence-corrected chi connectivity index (χ0v) is 11.3. The van der Waals surface area contributed by atoms with E-state index in [9.17, 15) is 4.79 Å². The van der Waals surface area contributed by atoms with Gasteiger partial charge in [-0.2, -0.15) is 0 Å². The first kappa shape index (κ1) is 11.9. The SMILES string of the molecule is O=C(CC1C=CCC1)NCc1sccc1Br. The first-order chi connectivity index (χ1) is 7.75. The molecule has 1 atom stereocenters. The van der Waals surface area contributed by atoms with Crippen molar-refractivity contribution in [3.05, 3.63) is 32.9 Å². The molecule has 1 amide bonds. The Balaban J connectivity index is 1.75. The van der Waals surface area contributed by atoms with Gasteiger partial charge in [0.15, 0.2) is 0 Å². The van der Waals surface area contributed by atoms with E-state index in [1.165, 1.54) is 4.88 Å². The summed E-state index contributed by atoms with van der Waals surface area (Å²) in [5.41, 5.74) is 0. The molecule has 16 heavy (non-hydrogen) atoms. The molecule has 1 heterocycles. The lowest BCUT2D eigenvalue weighted by atomic mass is 10.1. The van der Waals surface area contributed by atoms with Crippen LogP contribution in [0.4, 0.5) is 0 Å². The van der Waals surface area contributed by atoms with Gasteiger partial charge in [0.2, 0.25) is 5.91 Å². The Labute approximate surface area is 108 Å². The number of allylic oxidation sites excluding steroid dienone is 2. The van der Waals surface area contributed by atoms with Crippen molar-refractivity contribution in [1.82, 2.24) is 5.32 Å². The Morgan fingerprint density at radius 1 is 1.62 bits per heavy atom. The summed E-state index contributed by atoms with van der Waals surface area (Å²) in [7, 11) is 0. The number of nitrogens with one attached hydrogen (secondary N) is 1. The van der Waals surface area contributed by atoms with Gasteiger partial charge in [0.25, 0.3) is 0 Å². The van der Waals surface area contributed by atoms with Crippen LogP contribution in [0.15, 0.2) is 28.1 Å². The standard InChI is InChI=1S/C12H14BrNOS/c13-10-5-6-16-11(10)8-14-12(15)7-9-3-1-2-4-9/h1,3,5-6,9H,2,4,7-8H2,(H,14,15). The van der Waals surface area contributed by atoms with E-state index in [1.807, 2.05) is 11.4 Å². The van der Waals surface area contributed by atoms with Gasteiger partial charge < -0.3 is 5.32 Å². The lowest BCUT2D eigenvalue weighted by molar-refractivity contribution is -0.121. The summed E-state index contributed by atoms with van der Waals surface area (Å²) in [5.74, 6) is 0.601. The molecule has 1 unspecified atom stereocenters. The van der Waals surface area contributed by atoms with Crippen LogP contribution in [0.1, 0.15) is 24.1 Å². The molecule has 2 rings (SSSR count). The van der Waals surface area contributed by atoms with Crippen LogP contribution in [0.5, 0.6) is 0 Å². The molecule has 1 N–H and O–H groups in total. The molecule has 0 bridgehead atoms. The number of carbonyl (C=O) groups is 1. The highest BCUT2D eigenvalue weighted by Crippen LogP contribution is 2.23. The third-order valence-corrected chi connectivity index (χ3v) is 4.62. The van der Waals surface area contributed by atoms with Gasteiger partial charge in [-0.15, -0.1) is 11.3 Å². The average Bonchev–Trinajstić information content (AvgIpc) is 2.87. The molecule has 0 spiro atoms. The lowest BCUT2D eigenvalue weighted by Crippen LogP contribution is -2.24. The molecule has 0 fully saturated rings. The minimum Gasteiger partial charge on any atom is -0.351 e. The lowest BCUT2D eigenvalue weighted by Gasteiger charge is -2.08. The summed E-state index contributed by atoms with van der Waals surface area (Å²) in [6.07, 6.45) is 7.18. The van der Waals surface area contributed by atoms with Crippen molar-refractivity contribution in [3.8, 4) is 0 Å². The number of amides is 1. The van der Waals surface area contributed by atoms with Crippen LogP contribution >= 0.6 is 27.3 Å². The number of hydrogen-bond acceptors (Lipinski definition) is 2. The molecule has 0 saturated carbocycles. The summed E-state index contributed by atoms with van der Waals surface area (Å²) in [6, 6.07) is 2.01. The van der Waals surface area contributed by atoms with Crippen LogP contribution in [0.3, 0.4) is 0 Å². The molecular weight excluding hydrogens is 286 g/mol. The second kappa shape index (κ2) is 5.64. The van der Waals surface area contributed by atoms with Gasteiger partial charge in [0, 0.05) is 15.8 Å². The Kier molecular flexibility index (Phi) is 4.18. The topological polar surface area (TPSA) is 29.1 Å². The number of carbonyl (C=O) groups excluding carboxylic acids is 1. The van der Waals surface area contributed by atoms with E-state index in [2.05, 4.69) is 33.4 Å². The van der Waals surface area contributed by atoms with Gasteiger partial charge in [-0.1, -0.05) is 12.2 Å². The molecule has 1 aromatic heterocycles. The molecule has 1 aliphatic rings. The maximum Gasteiger partial charge on any atom is 0.220 e. The molecule has 0 aliphatic heterocycles. The smallest absolute Gasteiger partial charge is 0.220 e. The Morgan fingerprint density at radius 3 is 3.12 bits per heavy atom. The summed E-state index contributed by atoms with van der Waals surface area (Å²) < 4.78 is 1.08. The molecule has 86 valence electrons. The summed E-state index contributed by atoms with van der Waals surface area (Å²) in [5, 5.41) is 4.98. The summed E-state index contributed by atoms with van der Waals surface area (Å²) >= 11 is 5.11. The molecule has 2 nitrogen and oxygen atoms in total. The van der Waals surface area contributed by atoms with E-state index < -0.39 is 0 Å². The second-order valence-corrected chi connectivity index (χ2v) is 5.79. The van der Waals surface area contributed by atoms with Gasteiger partial charge >= 0.3 is 0 Å². The average molecular weight is 300 g/mol. The van der Waals surface area contributed by atoms with Crippen molar-refractivity contribution in [2.45, 2.75) is 25.8 Å². The van der Waals surface area contributed by atoms with E-state index in [0.29, 0.717) is 18.9 Å². The fourth-order valence-electron chi connectivity index (χ4n) is 1.81. The zero-order chi connectivity index (χ0) is 11.4. The monoisotopic (exact) mass is 299 g/mol. The van der Waals surface area contributed by atoms with Crippen LogP contribution in [-0.4, -0.2) is 5.91 Å². The molecule has 0 saturated heterocycles. The highest BCUT2D eigenvalue weighted by molar-refractivity contribution is 9.10. The third kappa shape index (κ3) is 3.19. The number of hydrogen-bond donors (Lipinski definition) is 1. The zero-order valence-electron chi connectivity index (χ0n) is 8.91. The van der Waals surface area contributed by atoms with Crippen LogP contribution in [0.2, 0.25) is 0 Å². The van der Waals surface area contributed by atoms with Crippen LogP contribution in [-0.2, 0) is 11.3 Å². The highest BCUT2D eigenvalue weighted by Gasteiger charge is 2.13. The largest absolute Gasteiger partial charge is 0.351 e. The quantitative estimate of drug-likeness (QED) is 0.847. The van der Waals surface area contributed by atoms with Gasteiger partial charge in [-0.25, -0.2) is 0 Å². The van der Waals surface area contributed by atoms with Crippen LogP contribution < -0.4 is 5.32 Å². The summed E-state index contributed by atoms with van der Waals surface area (Å²) in [4.78, 5) is 12.8. The van der Waals surface area contributed by atoms with Crippen molar-refractivity contribution in [2.24, 2.45) is 5.92 Å². The maximum absolute atomic E-state index is 11.6. The molecule has 4 heteroatoms. The van der Waals surface area contributed by atoms with Crippen LogP contribution in [0, 0.1) is 5.92 Å². The minimum absolute atomic E-state index is 0.150. The Bertz CT molecular complexity index is 399. The second-order valence-electron chi connectivity index (χ2n) is 3.94. The molecule has 1 aromatic rings. The molecule has 0 radical (unpaired) electrons. The first-order valence-corrected chi connectivity index (χ1v) is 7.08. The molecular formula is C12H14BrNOS. The molecule has 0 aromatic carbocycles. The fourth-order valence-corrected chi connectivity index (χ4v) is 3.24. The Morgan fingerprint density at radius 2 is 2.50 bits per heavy atom. The molecule has 1 aliphatic carbocycles. The van der Waals surface area contributed by atoms with Gasteiger partial charge in [-0.3, -0.25) is 4.79 Å². The van der Waals surface area contributed by atoms with Crippen molar-refractivity contribution in [1.29, 1.82) is 0 Å². The van der Waals surface area contributed by atoms with Gasteiger partial charge in [0.05, 0.1) is 6.54 Å². The Hall–Kier alpha value is -0.610. The van der Waals surface area contributed by atoms with Crippen LogP contribution in [0.25, 0.3) is 0 Å². The van der Waals surface area contributed by atoms with E-state index in [1.54, 1.807) is 11.3 Å². The normalized spacial score (nSPS) is 18.9. The third-order valence-electron chi connectivity index (χ3n) is 2.70. The number of thiophene rings is 1. The van der Waals surface area contributed by atoms with Crippen molar-refractivity contribution < 1.29 is 4.79 Å². The number of rotatable bonds is 4. The summed E-state index contributed by atoms with van der Waals surface area (Å²) in [6.45, 7) is 0.632.